The van der Waals surface area contributed by atoms with E-state index in [-0.39, 0.29) is 17.7 Å². The molecule has 1 aromatic carbocycles. The lowest BCUT2D eigenvalue weighted by atomic mass is 10.1. The van der Waals surface area contributed by atoms with Crippen LogP contribution in [0, 0.1) is 5.92 Å². The molecule has 2 heterocycles. The second-order valence-corrected chi connectivity index (χ2v) is 7.11. The molecule has 2 aliphatic rings. The molecule has 0 radical (unpaired) electrons. The second kappa shape index (κ2) is 7.32. The minimum Gasteiger partial charge on any atom is -0.339 e. The first-order chi connectivity index (χ1) is 12.7. The van der Waals surface area contributed by atoms with Crippen molar-refractivity contribution in [3.05, 3.63) is 48.3 Å². The molecule has 0 atom stereocenters. The number of piperazine rings is 1. The molecular formula is C20H24N4O2. The number of hydrogen-bond acceptors (Lipinski definition) is 3. The Morgan fingerprint density at radius 1 is 1.00 bits per heavy atom. The lowest BCUT2D eigenvalue weighted by molar-refractivity contribution is -0.140. The number of carbonyl (C=O) groups is 2. The minimum absolute atomic E-state index is 0.163. The molecule has 26 heavy (non-hydrogen) atoms. The maximum Gasteiger partial charge on any atom is 0.225 e. The average Bonchev–Trinajstić information content (AvgIpc) is 3.44. The lowest BCUT2D eigenvalue weighted by Crippen LogP contribution is -2.51. The van der Waals surface area contributed by atoms with E-state index in [0.717, 1.165) is 24.1 Å². The van der Waals surface area contributed by atoms with E-state index in [1.54, 1.807) is 0 Å². The summed E-state index contributed by atoms with van der Waals surface area (Å²) in [7, 11) is 0. The number of amides is 2. The number of nitrogens with zero attached hydrogens (tertiary/aromatic N) is 4. The van der Waals surface area contributed by atoms with Crippen molar-refractivity contribution in [3.63, 3.8) is 0 Å². The van der Waals surface area contributed by atoms with Crippen LogP contribution >= 0.6 is 0 Å². The summed E-state index contributed by atoms with van der Waals surface area (Å²) in [5.74, 6) is 0.708. The molecule has 6 nitrogen and oxygen atoms in total. The van der Waals surface area contributed by atoms with Crippen molar-refractivity contribution in [2.24, 2.45) is 5.92 Å². The maximum absolute atomic E-state index is 12.5. The zero-order valence-electron chi connectivity index (χ0n) is 14.9. The van der Waals surface area contributed by atoms with Gasteiger partial charge in [-0.25, -0.2) is 4.68 Å². The SMILES string of the molecule is O=C(CCc1cnn(-c2ccccc2)c1)N1CCN(C(=O)C2CC2)CC1. The highest BCUT2D eigenvalue weighted by molar-refractivity contribution is 5.82. The van der Waals surface area contributed by atoms with Crippen molar-refractivity contribution < 1.29 is 9.59 Å². The average molecular weight is 352 g/mol. The Balaban J connectivity index is 1.25. The van der Waals surface area contributed by atoms with Crippen molar-refractivity contribution >= 4 is 11.8 Å². The van der Waals surface area contributed by atoms with Gasteiger partial charge in [0, 0.05) is 44.7 Å². The smallest absolute Gasteiger partial charge is 0.225 e. The number of para-hydroxylation sites is 1. The minimum atomic E-state index is 0.163. The van der Waals surface area contributed by atoms with Crippen LogP contribution in [-0.2, 0) is 16.0 Å². The molecule has 136 valence electrons. The number of hydrogen-bond donors (Lipinski definition) is 0. The van der Waals surface area contributed by atoms with Crippen molar-refractivity contribution in [1.82, 2.24) is 19.6 Å². The molecule has 1 saturated carbocycles. The summed E-state index contributed by atoms with van der Waals surface area (Å²) in [4.78, 5) is 28.4. The fraction of sp³-hybridized carbons (Fsp3) is 0.450. The molecule has 2 amide bonds. The summed E-state index contributed by atoms with van der Waals surface area (Å²) >= 11 is 0. The van der Waals surface area contributed by atoms with Crippen molar-refractivity contribution in [1.29, 1.82) is 0 Å². The number of aryl methyl sites for hydroxylation is 1. The summed E-state index contributed by atoms with van der Waals surface area (Å²) < 4.78 is 1.84. The first kappa shape index (κ1) is 16.8. The van der Waals surface area contributed by atoms with Gasteiger partial charge >= 0.3 is 0 Å². The Morgan fingerprint density at radius 3 is 2.38 bits per heavy atom. The van der Waals surface area contributed by atoms with Gasteiger partial charge in [-0.1, -0.05) is 18.2 Å². The van der Waals surface area contributed by atoms with Gasteiger partial charge in [0.1, 0.15) is 0 Å². The van der Waals surface area contributed by atoms with Gasteiger partial charge in [-0.15, -0.1) is 0 Å². The standard InChI is InChI=1S/C20H24N4O2/c25-19(22-10-12-23(13-11-22)20(26)17-7-8-17)9-6-16-14-21-24(15-16)18-4-2-1-3-5-18/h1-5,14-15,17H,6-13H2. The Morgan fingerprint density at radius 2 is 1.69 bits per heavy atom. The third-order valence-corrected chi connectivity index (χ3v) is 5.15. The van der Waals surface area contributed by atoms with Gasteiger partial charge in [0.25, 0.3) is 0 Å². The fourth-order valence-corrected chi connectivity index (χ4v) is 3.39. The molecule has 1 aliphatic carbocycles. The third kappa shape index (κ3) is 3.79. The van der Waals surface area contributed by atoms with E-state index in [0.29, 0.717) is 39.0 Å². The molecule has 0 bridgehead atoms. The highest BCUT2D eigenvalue weighted by Crippen LogP contribution is 2.31. The summed E-state index contributed by atoms with van der Waals surface area (Å²) in [6, 6.07) is 9.95. The normalized spacial score (nSPS) is 17.4. The highest BCUT2D eigenvalue weighted by Gasteiger charge is 2.35. The predicted molar refractivity (Wildman–Crippen MR) is 97.8 cm³/mol. The number of carbonyl (C=O) groups excluding carboxylic acids is 2. The van der Waals surface area contributed by atoms with Gasteiger partial charge < -0.3 is 9.80 Å². The molecule has 0 unspecified atom stereocenters. The van der Waals surface area contributed by atoms with Crippen molar-refractivity contribution in [3.8, 4) is 5.69 Å². The van der Waals surface area contributed by atoms with Crippen LogP contribution in [0.25, 0.3) is 5.69 Å². The Kier molecular flexibility index (Phi) is 4.73. The summed E-state index contributed by atoms with van der Waals surface area (Å²) in [6.45, 7) is 2.65. The van der Waals surface area contributed by atoms with Crippen LogP contribution in [0.4, 0.5) is 0 Å². The first-order valence-corrected chi connectivity index (χ1v) is 9.36. The monoisotopic (exact) mass is 352 g/mol. The molecule has 2 aromatic rings. The van der Waals surface area contributed by atoms with Crippen molar-refractivity contribution in [2.75, 3.05) is 26.2 Å². The molecule has 1 saturated heterocycles. The van der Waals surface area contributed by atoms with Crippen LogP contribution in [0.1, 0.15) is 24.8 Å². The quantitative estimate of drug-likeness (QED) is 0.826. The van der Waals surface area contributed by atoms with Gasteiger partial charge in [0.15, 0.2) is 0 Å². The van der Waals surface area contributed by atoms with Crippen LogP contribution < -0.4 is 0 Å². The number of aromatic nitrogens is 2. The third-order valence-electron chi connectivity index (χ3n) is 5.15. The summed E-state index contributed by atoms with van der Waals surface area (Å²) in [5.41, 5.74) is 2.08. The number of rotatable bonds is 5. The molecular weight excluding hydrogens is 328 g/mol. The van der Waals surface area contributed by atoms with Crippen LogP contribution in [-0.4, -0.2) is 57.6 Å². The zero-order chi connectivity index (χ0) is 17.9. The maximum atomic E-state index is 12.5. The summed E-state index contributed by atoms with van der Waals surface area (Å²) in [5, 5.41) is 4.38. The van der Waals surface area contributed by atoms with E-state index < -0.39 is 0 Å². The fourth-order valence-electron chi connectivity index (χ4n) is 3.39. The molecule has 6 heteroatoms. The largest absolute Gasteiger partial charge is 0.339 e. The van der Waals surface area contributed by atoms with E-state index in [1.165, 1.54) is 0 Å². The van der Waals surface area contributed by atoms with Crippen LogP contribution in [0.15, 0.2) is 42.7 Å². The van der Waals surface area contributed by atoms with Crippen LogP contribution in [0.2, 0.25) is 0 Å². The second-order valence-electron chi connectivity index (χ2n) is 7.11. The summed E-state index contributed by atoms with van der Waals surface area (Å²) in [6.07, 6.45) is 7.05. The van der Waals surface area contributed by atoms with E-state index in [2.05, 4.69) is 5.10 Å². The first-order valence-electron chi connectivity index (χ1n) is 9.36. The van der Waals surface area contributed by atoms with Gasteiger partial charge in [0.05, 0.1) is 11.9 Å². The van der Waals surface area contributed by atoms with E-state index >= 15 is 0 Å². The molecule has 1 aliphatic heterocycles. The predicted octanol–water partition coefficient (Wildman–Crippen LogP) is 1.89. The zero-order valence-corrected chi connectivity index (χ0v) is 14.9. The van der Waals surface area contributed by atoms with E-state index in [1.807, 2.05) is 57.2 Å². The molecule has 1 aromatic heterocycles. The van der Waals surface area contributed by atoms with E-state index in [4.69, 9.17) is 0 Å². The van der Waals surface area contributed by atoms with Crippen LogP contribution in [0.3, 0.4) is 0 Å². The lowest BCUT2D eigenvalue weighted by Gasteiger charge is -2.35. The van der Waals surface area contributed by atoms with Gasteiger partial charge in [0.2, 0.25) is 11.8 Å². The van der Waals surface area contributed by atoms with Gasteiger partial charge in [-0.05, 0) is 37.0 Å². The van der Waals surface area contributed by atoms with Gasteiger partial charge in [-0.3, -0.25) is 9.59 Å². The number of benzene rings is 1. The van der Waals surface area contributed by atoms with Crippen LogP contribution in [0.5, 0.6) is 0 Å². The molecule has 4 rings (SSSR count). The van der Waals surface area contributed by atoms with Crippen molar-refractivity contribution in [2.45, 2.75) is 25.7 Å². The Bertz CT molecular complexity index is 774. The molecule has 0 N–H and O–H groups in total. The molecule has 2 fully saturated rings. The topological polar surface area (TPSA) is 58.4 Å². The van der Waals surface area contributed by atoms with Gasteiger partial charge in [-0.2, -0.15) is 5.10 Å². The van der Waals surface area contributed by atoms with E-state index in [9.17, 15) is 9.59 Å². The molecule has 0 spiro atoms. The highest BCUT2D eigenvalue weighted by atomic mass is 16.2. The Labute approximate surface area is 153 Å². The Hall–Kier alpha value is -2.63.